The van der Waals surface area contributed by atoms with Crippen molar-refractivity contribution in [3.63, 3.8) is 0 Å². The molecule has 2 rings (SSSR count). The predicted molar refractivity (Wildman–Crippen MR) is 92.4 cm³/mol. The predicted octanol–water partition coefficient (Wildman–Crippen LogP) is 3.76. The maximum absolute atomic E-state index is 12.2. The zero-order valence-electron chi connectivity index (χ0n) is 12.1. The van der Waals surface area contributed by atoms with Crippen molar-refractivity contribution in [3.8, 4) is 0 Å². The molecule has 1 aromatic carbocycles. The summed E-state index contributed by atoms with van der Waals surface area (Å²) in [6.45, 7) is 3.83. The fraction of sp³-hybridized carbons (Fsp3) is 0.200. The SMILES string of the molecule is CC(C)N1C(=O)/C(=C/C=C/c2ccc([N+](=O)[O-])cc2)SC1=S. The zero-order chi connectivity index (χ0) is 16.3. The summed E-state index contributed by atoms with van der Waals surface area (Å²) in [4.78, 5) is 24.5. The van der Waals surface area contributed by atoms with E-state index in [1.807, 2.05) is 13.8 Å². The molecule has 1 amide bonds. The van der Waals surface area contributed by atoms with Gasteiger partial charge in [-0.2, -0.15) is 0 Å². The molecule has 1 aliphatic rings. The average molecular weight is 334 g/mol. The van der Waals surface area contributed by atoms with Crippen molar-refractivity contribution < 1.29 is 9.72 Å². The molecule has 0 aliphatic carbocycles. The Labute approximate surface area is 137 Å². The number of amides is 1. The number of carbonyl (C=O) groups excluding carboxylic acids is 1. The normalized spacial score (nSPS) is 17.2. The first-order valence-electron chi connectivity index (χ1n) is 6.58. The van der Waals surface area contributed by atoms with E-state index in [1.54, 1.807) is 35.3 Å². The third-order valence-corrected chi connectivity index (χ3v) is 4.33. The fourth-order valence-electron chi connectivity index (χ4n) is 1.89. The number of benzene rings is 1. The van der Waals surface area contributed by atoms with E-state index in [0.717, 1.165) is 5.56 Å². The van der Waals surface area contributed by atoms with Crippen LogP contribution < -0.4 is 0 Å². The standard InChI is InChI=1S/C15H14N2O3S2/c1-10(2)16-14(18)13(22-15(16)21)5-3-4-11-6-8-12(9-7-11)17(19)20/h3-10H,1-2H3/b4-3+,13-5-. The smallest absolute Gasteiger partial charge is 0.269 e. The minimum atomic E-state index is -0.440. The van der Waals surface area contributed by atoms with Gasteiger partial charge in [-0.15, -0.1) is 0 Å². The van der Waals surface area contributed by atoms with Gasteiger partial charge < -0.3 is 0 Å². The lowest BCUT2D eigenvalue weighted by atomic mass is 10.2. The molecular weight excluding hydrogens is 320 g/mol. The molecule has 114 valence electrons. The lowest BCUT2D eigenvalue weighted by Gasteiger charge is -2.18. The van der Waals surface area contributed by atoms with Gasteiger partial charge in [0, 0.05) is 18.2 Å². The van der Waals surface area contributed by atoms with Crippen LogP contribution in [0.5, 0.6) is 0 Å². The highest BCUT2D eigenvalue weighted by molar-refractivity contribution is 8.26. The number of hydrogen-bond donors (Lipinski definition) is 0. The Hall–Kier alpha value is -1.99. The van der Waals surface area contributed by atoms with Crippen LogP contribution in [0.2, 0.25) is 0 Å². The van der Waals surface area contributed by atoms with Gasteiger partial charge in [0.15, 0.2) is 0 Å². The van der Waals surface area contributed by atoms with Crippen LogP contribution >= 0.6 is 24.0 Å². The Kier molecular flexibility index (Phi) is 5.10. The summed E-state index contributed by atoms with van der Waals surface area (Å²) in [5, 5.41) is 10.6. The average Bonchev–Trinajstić information content (AvgIpc) is 2.74. The second-order valence-electron chi connectivity index (χ2n) is 4.88. The molecule has 0 aromatic heterocycles. The van der Waals surface area contributed by atoms with Crippen molar-refractivity contribution in [3.05, 3.63) is 57.0 Å². The van der Waals surface area contributed by atoms with Crippen molar-refractivity contribution >= 4 is 46.0 Å². The number of rotatable bonds is 4. The molecule has 0 spiro atoms. The van der Waals surface area contributed by atoms with E-state index in [2.05, 4.69) is 0 Å². The second-order valence-corrected chi connectivity index (χ2v) is 6.55. The third kappa shape index (κ3) is 3.61. The van der Waals surface area contributed by atoms with Crippen LogP contribution in [0.4, 0.5) is 5.69 Å². The Balaban J connectivity index is 2.10. The highest BCUT2D eigenvalue weighted by Crippen LogP contribution is 2.32. The molecule has 1 aromatic rings. The van der Waals surface area contributed by atoms with Crippen LogP contribution in [0.1, 0.15) is 19.4 Å². The summed E-state index contributed by atoms with van der Waals surface area (Å²) in [6, 6.07) is 6.23. The Bertz CT molecular complexity index is 679. The van der Waals surface area contributed by atoms with Gasteiger partial charge in [0.05, 0.1) is 9.83 Å². The number of nitro groups is 1. The summed E-state index contributed by atoms with van der Waals surface area (Å²) in [5.74, 6) is -0.0849. The zero-order valence-corrected chi connectivity index (χ0v) is 13.7. The summed E-state index contributed by atoms with van der Waals surface area (Å²) in [7, 11) is 0. The third-order valence-electron chi connectivity index (χ3n) is 2.98. The van der Waals surface area contributed by atoms with Crippen LogP contribution in [-0.4, -0.2) is 26.1 Å². The van der Waals surface area contributed by atoms with Crippen molar-refractivity contribution in [2.75, 3.05) is 0 Å². The topological polar surface area (TPSA) is 63.5 Å². The molecular formula is C15H14N2O3S2. The van der Waals surface area contributed by atoms with E-state index in [9.17, 15) is 14.9 Å². The second kappa shape index (κ2) is 6.85. The lowest BCUT2D eigenvalue weighted by molar-refractivity contribution is -0.384. The summed E-state index contributed by atoms with van der Waals surface area (Å²) >= 11 is 6.47. The van der Waals surface area contributed by atoms with Crippen molar-refractivity contribution in [1.29, 1.82) is 0 Å². The molecule has 22 heavy (non-hydrogen) atoms. The molecule has 0 unspecified atom stereocenters. The first kappa shape index (κ1) is 16.4. The van der Waals surface area contributed by atoms with Crippen molar-refractivity contribution in [2.45, 2.75) is 19.9 Å². The van der Waals surface area contributed by atoms with Crippen LogP contribution in [-0.2, 0) is 4.79 Å². The maximum atomic E-state index is 12.2. The van der Waals surface area contributed by atoms with Crippen LogP contribution in [0, 0.1) is 10.1 Å². The number of allylic oxidation sites excluding steroid dienone is 2. The number of nitro benzene ring substituents is 1. The van der Waals surface area contributed by atoms with Gasteiger partial charge in [0.2, 0.25) is 0 Å². The van der Waals surface area contributed by atoms with E-state index in [1.165, 1.54) is 23.9 Å². The molecule has 0 saturated carbocycles. The maximum Gasteiger partial charge on any atom is 0.269 e. The number of non-ortho nitro benzene ring substituents is 1. The van der Waals surface area contributed by atoms with E-state index in [0.29, 0.717) is 9.23 Å². The van der Waals surface area contributed by atoms with Crippen LogP contribution in [0.15, 0.2) is 41.3 Å². The highest BCUT2D eigenvalue weighted by atomic mass is 32.2. The number of thioether (sulfide) groups is 1. The highest BCUT2D eigenvalue weighted by Gasteiger charge is 2.33. The number of nitrogens with zero attached hydrogens (tertiary/aromatic N) is 2. The lowest BCUT2D eigenvalue weighted by Crippen LogP contribution is -2.34. The van der Waals surface area contributed by atoms with Gasteiger partial charge in [0.25, 0.3) is 11.6 Å². The molecule has 0 atom stereocenters. The number of thiocarbonyl (C=S) groups is 1. The summed E-state index contributed by atoms with van der Waals surface area (Å²) < 4.78 is 0.565. The molecule has 1 aliphatic heterocycles. The quantitative estimate of drug-likeness (QED) is 0.363. The van der Waals surface area contributed by atoms with Crippen LogP contribution in [0.25, 0.3) is 6.08 Å². The minimum Gasteiger partial charge on any atom is -0.290 e. The Morgan fingerprint density at radius 1 is 1.32 bits per heavy atom. The van der Waals surface area contributed by atoms with Crippen molar-refractivity contribution in [2.24, 2.45) is 0 Å². The molecule has 1 heterocycles. The fourth-order valence-corrected chi connectivity index (χ4v) is 3.37. The first-order valence-corrected chi connectivity index (χ1v) is 7.81. The molecule has 7 heteroatoms. The Morgan fingerprint density at radius 3 is 2.45 bits per heavy atom. The minimum absolute atomic E-state index is 0.0389. The van der Waals surface area contributed by atoms with E-state index >= 15 is 0 Å². The van der Waals surface area contributed by atoms with E-state index in [-0.39, 0.29) is 17.6 Å². The van der Waals surface area contributed by atoms with Gasteiger partial charge in [-0.05, 0) is 37.6 Å². The number of carbonyl (C=O) groups is 1. The van der Waals surface area contributed by atoms with Gasteiger partial charge in [0.1, 0.15) is 4.32 Å². The summed E-state index contributed by atoms with van der Waals surface area (Å²) in [5.41, 5.74) is 0.871. The largest absolute Gasteiger partial charge is 0.290 e. The molecule has 0 N–H and O–H groups in total. The molecule has 0 radical (unpaired) electrons. The molecule has 1 fully saturated rings. The number of hydrogen-bond acceptors (Lipinski definition) is 5. The van der Waals surface area contributed by atoms with Gasteiger partial charge >= 0.3 is 0 Å². The van der Waals surface area contributed by atoms with Gasteiger partial charge in [-0.25, -0.2) is 0 Å². The monoisotopic (exact) mass is 334 g/mol. The van der Waals surface area contributed by atoms with Crippen LogP contribution in [0.3, 0.4) is 0 Å². The molecule has 1 saturated heterocycles. The van der Waals surface area contributed by atoms with E-state index in [4.69, 9.17) is 12.2 Å². The molecule has 5 nitrogen and oxygen atoms in total. The van der Waals surface area contributed by atoms with Crippen molar-refractivity contribution in [1.82, 2.24) is 4.90 Å². The summed E-state index contributed by atoms with van der Waals surface area (Å²) in [6.07, 6.45) is 5.24. The van der Waals surface area contributed by atoms with E-state index < -0.39 is 4.92 Å². The Morgan fingerprint density at radius 2 is 1.95 bits per heavy atom. The van der Waals surface area contributed by atoms with Gasteiger partial charge in [-0.1, -0.05) is 36.1 Å². The van der Waals surface area contributed by atoms with Gasteiger partial charge in [-0.3, -0.25) is 19.8 Å². The first-order chi connectivity index (χ1) is 10.4. The molecule has 0 bridgehead atoms.